The zero-order valence-electron chi connectivity index (χ0n) is 7.94. The minimum absolute atomic E-state index is 0.0553. The van der Waals surface area contributed by atoms with Crippen LogP contribution in [-0.2, 0) is 4.74 Å². The van der Waals surface area contributed by atoms with Crippen molar-refractivity contribution in [2.24, 2.45) is 0 Å². The average molecular weight is 319 g/mol. The first kappa shape index (κ1) is 13.6. The lowest BCUT2D eigenvalue weighted by Crippen LogP contribution is -2.19. The predicted octanol–water partition coefficient (Wildman–Crippen LogP) is 4.05. The highest BCUT2D eigenvalue weighted by Gasteiger charge is 2.28. The molecule has 90 valence electrons. The van der Waals surface area contributed by atoms with Crippen molar-refractivity contribution >= 4 is 33.2 Å². The monoisotopic (exact) mass is 317 g/mol. The summed E-state index contributed by atoms with van der Waals surface area (Å²) >= 11 is 8.94. The van der Waals surface area contributed by atoms with Crippen LogP contribution in [0.2, 0.25) is 5.02 Å². The molecule has 0 aromatic heterocycles. The van der Waals surface area contributed by atoms with E-state index >= 15 is 0 Å². The molecule has 1 aromatic rings. The highest BCUT2D eigenvalue weighted by Crippen LogP contribution is 2.25. The lowest BCUT2D eigenvalue weighted by atomic mass is 10.3. The molecule has 1 rings (SSSR count). The van der Waals surface area contributed by atoms with Gasteiger partial charge in [-0.1, -0.05) is 11.6 Å². The first-order valence-electron chi connectivity index (χ1n) is 4.28. The molecular formula is C9H8BrClF3NO. The summed E-state index contributed by atoms with van der Waals surface area (Å²) in [6, 6.07) is 4.95. The third-order valence-electron chi connectivity index (χ3n) is 1.61. The molecule has 0 heterocycles. The Labute approximate surface area is 104 Å². The van der Waals surface area contributed by atoms with Gasteiger partial charge in [0.2, 0.25) is 0 Å². The van der Waals surface area contributed by atoms with Crippen molar-refractivity contribution in [2.45, 2.75) is 6.36 Å². The highest BCUT2D eigenvalue weighted by atomic mass is 79.9. The zero-order chi connectivity index (χ0) is 12.2. The summed E-state index contributed by atoms with van der Waals surface area (Å²) < 4.78 is 39.2. The summed E-state index contributed by atoms with van der Waals surface area (Å²) in [6.07, 6.45) is -4.58. The van der Waals surface area contributed by atoms with Crippen molar-refractivity contribution in [3.05, 3.63) is 27.7 Å². The molecule has 0 fully saturated rings. The largest absolute Gasteiger partial charge is 0.522 e. The molecule has 0 aliphatic rings. The van der Waals surface area contributed by atoms with Crippen LogP contribution in [0.25, 0.3) is 0 Å². The molecule has 1 aromatic carbocycles. The molecule has 0 spiro atoms. The van der Waals surface area contributed by atoms with Gasteiger partial charge in [0.25, 0.3) is 0 Å². The molecule has 0 saturated heterocycles. The van der Waals surface area contributed by atoms with E-state index in [1.807, 2.05) is 0 Å². The lowest BCUT2D eigenvalue weighted by Gasteiger charge is -2.10. The number of halogens is 5. The first-order valence-corrected chi connectivity index (χ1v) is 5.45. The summed E-state index contributed by atoms with van der Waals surface area (Å²) in [7, 11) is 0. The summed E-state index contributed by atoms with van der Waals surface area (Å²) in [5.74, 6) is 0. The Hall–Kier alpha value is -0.460. The Morgan fingerprint density at radius 1 is 1.38 bits per heavy atom. The summed E-state index contributed by atoms with van der Waals surface area (Å²) in [5, 5.41) is 3.33. The molecule has 1 N–H and O–H groups in total. The Balaban J connectivity index is 2.38. The fourth-order valence-electron chi connectivity index (χ4n) is 0.985. The van der Waals surface area contributed by atoms with E-state index in [-0.39, 0.29) is 6.54 Å². The van der Waals surface area contributed by atoms with Crippen LogP contribution in [-0.4, -0.2) is 19.5 Å². The van der Waals surface area contributed by atoms with Gasteiger partial charge in [-0.3, -0.25) is 4.74 Å². The summed E-state index contributed by atoms with van der Waals surface area (Å²) in [5.41, 5.74) is 0.662. The number of anilines is 1. The molecule has 0 unspecified atom stereocenters. The number of ether oxygens (including phenoxy) is 1. The molecule has 0 amide bonds. The summed E-state index contributed by atoms with van der Waals surface area (Å²) in [6.45, 7) is -0.391. The van der Waals surface area contributed by atoms with Gasteiger partial charge in [0, 0.05) is 21.7 Å². The van der Waals surface area contributed by atoms with Crippen molar-refractivity contribution < 1.29 is 17.9 Å². The molecule has 0 bridgehead atoms. The Kier molecular flexibility index (Phi) is 4.89. The number of hydrogen-bond donors (Lipinski definition) is 1. The van der Waals surface area contributed by atoms with Crippen LogP contribution in [0.4, 0.5) is 18.9 Å². The summed E-state index contributed by atoms with van der Waals surface area (Å²) in [4.78, 5) is 0. The van der Waals surface area contributed by atoms with E-state index in [0.717, 1.165) is 0 Å². The fourth-order valence-corrected chi connectivity index (χ4v) is 1.81. The van der Waals surface area contributed by atoms with Crippen molar-refractivity contribution in [3.63, 3.8) is 0 Å². The minimum Gasteiger partial charge on any atom is -0.382 e. The van der Waals surface area contributed by atoms with Crippen LogP contribution in [0.15, 0.2) is 22.7 Å². The molecule has 0 aliphatic carbocycles. The molecule has 7 heteroatoms. The molecule has 0 aliphatic heterocycles. The van der Waals surface area contributed by atoms with Crippen molar-refractivity contribution in [2.75, 3.05) is 18.5 Å². The molecule has 0 radical (unpaired) electrons. The van der Waals surface area contributed by atoms with E-state index in [9.17, 15) is 13.2 Å². The Morgan fingerprint density at radius 3 is 2.62 bits per heavy atom. The van der Waals surface area contributed by atoms with Crippen LogP contribution in [0, 0.1) is 0 Å². The van der Waals surface area contributed by atoms with Gasteiger partial charge in [-0.25, -0.2) is 0 Å². The molecule has 16 heavy (non-hydrogen) atoms. The molecule has 0 atom stereocenters. The second-order valence-corrected chi connectivity index (χ2v) is 4.14. The maximum absolute atomic E-state index is 11.6. The molecule has 0 saturated carbocycles. The zero-order valence-corrected chi connectivity index (χ0v) is 10.3. The lowest BCUT2D eigenvalue weighted by molar-refractivity contribution is -0.322. The predicted molar refractivity (Wildman–Crippen MR) is 59.6 cm³/mol. The van der Waals surface area contributed by atoms with E-state index in [0.29, 0.717) is 15.2 Å². The quantitative estimate of drug-likeness (QED) is 0.846. The first-order chi connectivity index (χ1) is 7.38. The van der Waals surface area contributed by atoms with Gasteiger partial charge in [-0.2, -0.15) is 0 Å². The second-order valence-electron chi connectivity index (χ2n) is 2.85. The number of hydrogen-bond acceptors (Lipinski definition) is 2. The number of nitrogens with one attached hydrogen (secondary N) is 1. The van der Waals surface area contributed by atoms with Crippen LogP contribution >= 0.6 is 27.5 Å². The topological polar surface area (TPSA) is 21.3 Å². The van der Waals surface area contributed by atoms with Gasteiger partial charge < -0.3 is 5.32 Å². The van der Waals surface area contributed by atoms with E-state index in [1.165, 1.54) is 0 Å². The van der Waals surface area contributed by atoms with E-state index in [4.69, 9.17) is 11.6 Å². The van der Waals surface area contributed by atoms with Crippen LogP contribution in [0.3, 0.4) is 0 Å². The van der Waals surface area contributed by atoms with Gasteiger partial charge in [0.1, 0.15) is 0 Å². The van der Waals surface area contributed by atoms with Gasteiger partial charge in [-0.15, -0.1) is 13.2 Å². The Bertz CT molecular complexity index is 359. The van der Waals surface area contributed by atoms with Crippen LogP contribution in [0.1, 0.15) is 0 Å². The van der Waals surface area contributed by atoms with Crippen LogP contribution < -0.4 is 5.32 Å². The van der Waals surface area contributed by atoms with E-state index < -0.39 is 13.0 Å². The third-order valence-corrected chi connectivity index (χ3v) is 2.51. The fraction of sp³-hybridized carbons (Fsp3) is 0.333. The minimum atomic E-state index is -4.58. The number of rotatable bonds is 4. The maximum Gasteiger partial charge on any atom is 0.522 e. The van der Waals surface area contributed by atoms with Gasteiger partial charge in [0.05, 0.1) is 6.61 Å². The van der Waals surface area contributed by atoms with Gasteiger partial charge in [-0.05, 0) is 34.1 Å². The molecule has 2 nitrogen and oxygen atoms in total. The SMILES string of the molecule is FC(F)(F)OCCNc1ccc(Cl)cc1Br. The third kappa shape index (κ3) is 5.05. The normalized spacial score (nSPS) is 11.6. The average Bonchev–Trinajstić information content (AvgIpc) is 2.13. The highest BCUT2D eigenvalue weighted by molar-refractivity contribution is 9.10. The van der Waals surface area contributed by atoms with E-state index in [2.05, 4.69) is 26.0 Å². The number of benzene rings is 1. The standard InChI is InChI=1S/C9H8BrClF3NO/c10-7-5-6(11)1-2-8(7)15-3-4-16-9(12,13)14/h1-2,5,15H,3-4H2. The van der Waals surface area contributed by atoms with Crippen molar-refractivity contribution in [1.29, 1.82) is 0 Å². The van der Waals surface area contributed by atoms with Gasteiger partial charge >= 0.3 is 6.36 Å². The second kappa shape index (κ2) is 5.75. The van der Waals surface area contributed by atoms with Crippen LogP contribution in [0.5, 0.6) is 0 Å². The van der Waals surface area contributed by atoms with Crippen molar-refractivity contribution in [1.82, 2.24) is 0 Å². The smallest absolute Gasteiger partial charge is 0.382 e. The Morgan fingerprint density at radius 2 is 2.06 bits per heavy atom. The molecular weight excluding hydrogens is 310 g/mol. The van der Waals surface area contributed by atoms with E-state index in [1.54, 1.807) is 18.2 Å². The van der Waals surface area contributed by atoms with Crippen molar-refractivity contribution in [3.8, 4) is 0 Å². The maximum atomic E-state index is 11.6. The van der Waals surface area contributed by atoms with Gasteiger partial charge in [0.15, 0.2) is 0 Å². The number of alkyl halides is 3.